The number of anilines is 1. The number of hydrogen-bond acceptors (Lipinski definition) is 7. The highest BCUT2D eigenvalue weighted by atomic mass is 32.2. The predicted molar refractivity (Wildman–Crippen MR) is 142 cm³/mol. The Hall–Kier alpha value is -4.25. The molecule has 2 atom stereocenters. The van der Waals surface area contributed by atoms with Gasteiger partial charge in [-0.05, 0) is 59.2 Å². The summed E-state index contributed by atoms with van der Waals surface area (Å²) in [5.41, 5.74) is 2.50. The van der Waals surface area contributed by atoms with E-state index < -0.39 is 28.2 Å². The Labute approximate surface area is 220 Å². The molecule has 0 radical (unpaired) electrons. The van der Waals surface area contributed by atoms with Crippen molar-refractivity contribution in [3.05, 3.63) is 120 Å². The molecule has 194 valence electrons. The second kappa shape index (κ2) is 11.0. The lowest BCUT2D eigenvalue weighted by Gasteiger charge is -2.28. The predicted octanol–water partition coefficient (Wildman–Crippen LogP) is 3.68. The van der Waals surface area contributed by atoms with E-state index in [1.54, 1.807) is 73.1 Å². The van der Waals surface area contributed by atoms with E-state index in [1.807, 2.05) is 6.07 Å². The Kier molecular flexibility index (Phi) is 7.36. The number of aliphatic hydroxyl groups excluding tert-OH is 1. The zero-order valence-corrected chi connectivity index (χ0v) is 21.1. The summed E-state index contributed by atoms with van der Waals surface area (Å²) in [7, 11) is -4.13. The minimum absolute atomic E-state index is 0.00216. The lowest BCUT2D eigenvalue weighted by atomic mass is 10.1. The number of nitrogens with zero attached hydrogens (tertiary/aromatic N) is 2. The lowest BCUT2D eigenvalue weighted by molar-refractivity contribution is -0.134. The zero-order chi connectivity index (χ0) is 26.5. The first-order chi connectivity index (χ1) is 18.4. The monoisotopic (exact) mass is 530 g/mol. The van der Waals surface area contributed by atoms with Crippen LogP contribution in [-0.2, 0) is 27.9 Å². The Balaban J connectivity index is 1.48. The van der Waals surface area contributed by atoms with Crippen LogP contribution in [0.15, 0.2) is 107 Å². The smallest absolute Gasteiger partial charge is 0.246 e. The number of rotatable bonds is 9. The molecule has 10 heteroatoms. The van der Waals surface area contributed by atoms with Gasteiger partial charge < -0.3 is 19.7 Å². The third-order valence-corrected chi connectivity index (χ3v) is 7.50. The molecular weight excluding hydrogens is 504 g/mol. The normalized spacial score (nSPS) is 15.3. The summed E-state index contributed by atoms with van der Waals surface area (Å²) in [6.45, 7) is 0.347. The van der Waals surface area contributed by atoms with Crippen LogP contribution >= 0.6 is 0 Å². The number of benzene rings is 2. The van der Waals surface area contributed by atoms with Gasteiger partial charge in [0.15, 0.2) is 0 Å². The van der Waals surface area contributed by atoms with Gasteiger partial charge in [-0.1, -0.05) is 42.5 Å². The Morgan fingerprint density at radius 1 is 1.08 bits per heavy atom. The van der Waals surface area contributed by atoms with E-state index in [-0.39, 0.29) is 18.0 Å². The number of sulfonamides is 1. The first kappa shape index (κ1) is 25.4. The van der Waals surface area contributed by atoms with E-state index >= 15 is 0 Å². The molecule has 0 aliphatic carbocycles. The maximum atomic E-state index is 14.0. The fourth-order valence-corrected chi connectivity index (χ4v) is 5.42. The second-order valence-electron chi connectivity index (χ2n) is 8.80. The molecule has 0 fully saturated rings. The number of carbonyl (C=O) groups is 1. The Morgan fingerprint density at radius 2 is 1.92 bits per heavy atom. The van der Waals surface area contributed by atoms with Crippen LogP contribution in [0.1, 0.15) is 28.5 Å². The van der Waals surface area contributed by atoms with Crippen molar-refractivity contribution in [2.24, 2.45) is 0 Å². The number of amides is 1. The summed E-state index contributed by atoms with van der Waals surface area (Å²) in [5.74, 6) is 0.121. The number of hydrogen-bond donors (Lipinski definition) is 3. The lowest BCUT2D eigenvalue weighted by Crippen LogP contribution is -2.42. The number of furan rings is 1. The van der Waals surface area contributed by atoms with Gasteiger partial charge in [-0.15, -0.1) is 0 Å². The summed E-state index contributed by atoms with van der Waals surface area (Å²) >= 11 is 0. The molecule has 38 heavy (non-hydrogen) atoms. The Morgan fingerprint density at radius 3 is 2.66 bits per heavy atom. The van der Waals surface area contributed by atoms with Crippen LogP contribution in [0.2, 0.25) is 0 Å². The molecular formula is C28H26N4O5S. The number of fused-ring (bicyclic) bond motifs is 1. The molecule has 3 N–H and O–H groups in total. The molecule has 3 heterocycles. The average Bonchev–Trinajstić information content (AvgIpc) is 3.45. The van der Waals surface area contributed by atoms with Crippen molar-refractivity contribution in [3.63, 3.8) is 0 Å². The molecule has 4 aromatic rings. The minimum atomic E-state index is -4.13. The van der Waals surface area contributed by atoms with E-state index in [9.17, 15) is 18.3 Å². The van der Waals surface area contributed by atoms with Crippen LogP contribution in [-0.4, -0.2) is 35.5 Å². The topological polar surface area (TPSA) is 125 Å². The van der Waals surface area contributed by atoms with Gasteiger partial charge in [0.1, 0.15) is 18.0 Å². The van der Waals surface area contributed by atoms with Crippen molar-refractivity contribution >= 4 is 27.7 Å². The van der Waals surface area contributed by atoms with Crippen molar-refractivity contribution < 1.29 is 22.7 Å². The zero-order valence-electron chi connectivity index (χ0n) is 20.3. The molecule has 0 bridgehead atoms. The SMILES string of the molecule is O=C(C(NS(=O)(=O)c1ccc2c(c1)C=CC(O)N2)c1ccccc1)N(Cc1cccnc1)Cc1ccco1. The fourth-order valence-electron chi connectivity index (χ4n) is 4.21. The van der Waals surface area contributed by atoms with E-state index in [2.05, 4.69) is 15.0 Å². The molecule has 2 aromatic heterocycles. The summed E-state index contributed by atoms with van der Waals surface area (Å²) < 4.78 is 35.2. The number of aliphatic hydroxyl groups is 1. The summed E-state index contributed by atoms with van der Waals surface area (Å²) in [4.78, 5) is 19.7. The molecule has 2 unspecified atom stereocenters. The number of pyridine rings is 1. The van der Waals surface area contributed by atoms with Crippen LogP contribution in [0, 0.1) is 0 Å². The van der Waals surface area contributed by atoms with Crippen molar-refractivity contribution in [1.82, 2.24) is 14.6 Å². The fraction of sp³-hybridized carbons (Fsp3) is 0.143. The minimum Gasteiger partial charge on any atom is -0.467 e. The van der Waals surface area contributed by atoms with Crippen molar-refractivity contribution in [1.29, 1.82) is 0 Å². The van der Waals surface area contributed by atoms with Gasteiger partial charge in [0, 0.05) is 24.6 Å². The highest BCUT2D eigenvalue weighted by Crippen LogP contribution is 2.27. The molecule has 0 saturated carbocycles. The van der Waals surface area contributed by atoms with Crippen molar-refractivity contribution in [2.75, 3.05) is 5.32 Å². The number of carbonyl (C=O) groups excluding carboxylic acids is 1. The second-order valence-corrected chi connectivity index (χ2v) is 10.5. The van der Waals surface area contributed by atoms with Gasteiger partial charge in [0.25, 0.3) is 0 Å². The van der Waals surface area contributed by atoms with E-state index in [1.165, 1.54) is 29.4 Å². The van der Waals surface area contributed by atoms with E-state index in [0.717, 1.165) is 5.56 Å². The van der Waals surface area contributed by atoms with Gasteiger partial charge in [0.2, 0.25) is 15.9 Å². The number of nitrogens with one attached hydrogen (secondary N) is 2. The van der Waals surface area contributed by atoms with Gasteiger partial charge in [-0.25, -0.2) is 8.42 Å². The summed E-state index contributed by atoms with van der Waals surface area (Å²) in [6.07, 6.45) is 7.16. The van der Waals surface area contributed by atoms with Crippen LogP contribution in [0.25, 0.3) is 6.08 Å². The standard InChI is InChI=1S/C28H26N4O5S/c33-26-13-10-22-16-24(11-12-25(22)30-26)38(35,36)31-27(21-7-2-1-3-8-21)28(34)32(19-23-9-5-15-37-23)18-20-6-4-14-29-17-20/h1-17,26-27,30-31,33H,18-19H2. The van der Waals surface area contributed by atoms with E-state index in [0.29, 0.717) is 22.6 Å². The van der Waals surface area contributed by atoms with Crippen LogP contribution in [0.4, 0.5) is 5.69 Å². The summed E-state index contributed by atoms with van der Waals surface area (Å²) in [6, 6.07) is 19.2. The first-order valence-corrected chi connectivity index (χ1v) is 13.4. The molecule has 0 spiro atoms. The quantitative estimate of drug-likeness (QED) is 0.302. The molecule has 5 rings (SSSR count). The number of aromatic nitrogens is 1. The molecule has 1 aliphatic rings. The molecule has 0 saturated heterocycles. The molecule has 1 aliphatic heterocycles. The third kappa shape index (κ3) is 5.83. The molecule has 9 nitrogen and oxygen atoms in total. The van der Waals surface area contributed by atoms with Gasteiger partial charge >= 0.3 is 0 Å². The highest BCUT2D eigenvalue weighted by Gasteiger charge is 2.32. The average molecular weight is 531 g/mol. The van der Waals surface area contributed by atoms with E-state index in [4.69, 9.17) is 4.42 Å². The van der Waals surface area contributed by atoms with Crippen molar-refractivity contribution in [3.8, 4) is 0 Å². The first-order valence-electron chi connectivity index (χ1n) is 11.9. The van der Waals surface area contributed by atoms with Gasteiger partial charge in [0.05, 0.1) is 17.7 Å². The molecule has 1 amide bonds. The summed E-state index contributed by atoms with van der Waals surface area (Å²) in [5, 5.41) is 12.6. The third-order valence-electron chi connectivity index (χ3n) is 6.08. The van der Waals surface area contributed by atoms with Crippen LogP contribution in [0.5, 0.6) is 0 Å². The maximum Gasteiger partial charge on any atom is 0.246 e. The van der Waals surface area contributed by atoms with Gasteiger partial charge in [-0.2, -0.15) is 4.72 Å². The largest absolute Gasteiger partial charge is 0.467 e. The Bertz CT molecular complexity index is 1520. The highest BCUT2D eigenvalue weighted by molar-refractivity contribution is 7.89. The molecule has 2 aromatic carbocycles. The van der Waals surface area contributed by atoms with Gasteiger partial charge in [-0.3, -0.25) is 9.78 Å². The maximum absolute atomic E-state index is 14.0. The van der Waals surface area contributed by atoms with Crippen molar-refractivity contribution in [2.45, 2.75) is 30.3 Å². The van der Waals surface area contributed by atoms with Crippen LogP contribution < -0.4 is 10.0 Å². The van der Waals surface area contributed by atoms with Crippen LogP contribution in [0.3, 0.4) is 0 Å².